The number of pyridine rings is 2. The highest BCUT2D eigenvalue weighted by Gasteiger charge is 2.15. The van der Waals surface area contributed by atoms with Gasteiger partial charge in [-0.1, -0.05) is 11.3 Å². The van der Waals surface area contributed by atoms with Crippen molar-refractivity contribution in [1.29, 1.82) is 0 Å². The van der Waals surface area contributed by atoms with E-state index >= 15 is 0 Å². The smallest absolute Gasteiger partial charge is 0.166 e. The van der Waals surface area contributed by atoms with Crippen molar-refractivity contribution in [3.8, 4) is 10.7 Å². The van der Waals surface area contributed by atoms with Crippen molar-refractivity contribution in [1.82, 2.24) is 25.1 Å². The molecule has 1 aliphatic rings. The first-order chi connectivity index (χ1) is 12.7. The Morgan fingerprint density at radius 1 is 1.27 bits per heavy atom. The molecule has 0 unspecified atom stereocenters. The van der Waals surface area contributed by atoms with Gasteiger partial charge in [0.15, 0.2) is 10.8 Å². The first kappa shape index (κ1) is 17.1. The molecule has 3 aromatic rings. The fourth-order valence-electron chi connectivity index (χ4n) is 2.94. The second kappa shape index (κ2) is 7.53. The van der Waals surface area contributed by atoms with E-state index in [4.69, 9.17) is 4.74 Å². The number of ether oxygens (including phenoxy) is 1. The lowest BCUT2D eigenvalue weighted by atomic mass is 10.1. The topological polar surface area (TPSA) is 81.1 Å². The Labute approximate surface area is 155 Å². The molecular weight excluding hydrogens is 350 g/mol. The summed E-state index contributed by atoms with van der Waals surface area (Å²) in [6.45, 7) is 5.37. The number of carbonyl (C=O) groups is 1. The molecule has 1 saturated heterocycles. The van der Waals surface area contributed by atoms with Crippen LogP contribution in [-0.2, 0) is 16.0 Å². The predicted molar refractivity (Wildman–Crippen MR) is 99.1 cm³/mol. The first-order valence-electron chi connectivity index (χ1n) is 8.55. The van der Waals surface area contributed by atoms with Crippen molar-refractivity contribution in [3.63, 3.8) is 0 Å². The van der Waals surface area contributed by atoms with Gasteiger partial charge < -0.3 is 4.74 Å². The van der Waals surface area contributed by atoms with E-state index in [1.165, 1.54) is 11.3 Å². The normalized spacial score (nSPS) is 15.4. The third-order valence-corrected chi connectivity index (χ3v) is 5.12. The molecule has 1 fully saturated rings. The highest BCUT2D eigenvalue weighted by Crippen LogP contribution is 2.23. The second-order valence-electron chi connectivity index (χ2n) is 6.30. The summed E-state index contributed by atoms with van der Waals surface area (Å²) >= 11 is 1.51. The zero-order chi connectivity index (χ0) is 17.9. The summed E-state index contributed by atoms with van der Waals surface area (Å²) in [7, 11) is 0. The number of ketones is 1. The van der Waals surface area contributed by atoms with Gasteiger partial charge in [0.2, 0.25) is 0 Å². The average Bonchev–Trinajstić information content (AvgIpc) is 3.08. The zero-order valence-electron chi connectivity index (χ0n) is 14.5. The molecule has 0 atom stereocenters. The van der Waals surface area contributed by atoms with Crippen molar-refractivity contribution in [2.24, 2.45) is 0 Å². The van der Waals surface area contributed by atoms with E-state index < -0.39 is 0 Å². The lowest BCUT2D eigenvalue weighted by Gasteiger charge is -2.25. The van der Waals surface area contributed by atoms with E-state index in [0.717, 1.165) is 45.4 Å². The number of rotatable bonds is 5. The number of aromatic nitrogens is 4. The molecule has 0 spiro atoms. The quantitative estimate of drug-likeness (QED) is 0.679. The van der Waals surface area contributed by atoms with Crippen LogP contribution < -0.4 is 0 Å². The molecular formula is C18H19N5O2S. The molecule has 0 saturated carbocycles. The molecule has 8 heteroatoms. The van der Waals surface area contributed by atoms with Gasteiger partial charge in [-0.25, -0.2) is 4.98 Å². The number of hydrogen-bond donors (Lipinski definition) is 0. The van der Waals surface area contributed by atoms with Crippen molar-refractivity contribution < 1.29 is 9.53 Å². The SMILES string of the molecule is Cc1nnc(-c2ccc3cnc(CC(=O)CN4CCOCC4)cc3n2)s1. The van der Waals surface area contributed by atoms with E-state index in [0.29, 0.717) is 26.2 Å². The van der Waals surface area contributed by atoms with Crippen LogP contribution in [0.25, 0.3) is 21.6 Å². The standard InChI is InChI=1S/C18H19N5O2S/c1-12-21-22-18(26-12)16-3-2-13-10-19-14(9-17(13)20-16)8-15(24)11-23-4-6-25-7-5-23/h2-3,9-10H,4-8,11H2,1H3. The summed E-state index contributed by atoms with van der Waals surface area (Å²) in [5.74, 6) is 0.162. The largest absolute Gasteiger partial charge is 0.379 e. The average molecular weight is 369 g/mol. The Bertz CT molecular complexity index is 936. The van der Waals surface area contributed by atoms with Gasteiger partial charge in [-0.2, -0.15) is 0 Å². The van der Waals surface area contributed by atoms with E-state index in [-0.39, 0.29) is 5.78 Å². The van der Waals surface area contributed by atoms with Crippen molar-refractivity contribution in [2.75, 3.05) is 32.8 Å². The Morgan fingerprint density at radius 3 is 2.88 bits per heavy atom. The van der Waals surface area contributed by atoms with Crippen molar-refractivity contribution >= 4 is 28.0 Å². The summed E-state index contributed by atoms with van der Waals surface area (Å²) < 4.78 is 5.31. The van der Waals surface area contributed by atoms with Crippen LogP contribution in [0.3, 0.4) is 0 Å². The van der Waals surface area contributed by atoms with Crippen molar-refractivity contribution in [3.05, 3.63) is 35.1 Å². The van der Waals surface area contributed by atoms with Crippen LogP contribution in [0.4, 0.5) is 0 Å². The van der Waals surface area contributed by atoms with Crippen LogP contribution >= 0.6 is 11.3 Å². The summed E-state index contributed by atoms with van der Waals surface area (Å²) in [4.78, 5) is 23.6. The highest BCUT2D eigenvalue weighted by molar-refractivity contribution is 7.14. The lowest BCUT2D eigenvalue weighted by Crippen LogP contribution is -2.39. The number of fused-ring (bicyclic) bond motifs is 1. The molecule has 0 amide bonds. The van der Waals surface area contributed by atoms with Gasteiger partial charge >= 0.3 is 0 Å². The van der Waals surface area contributed by atoms with Gasteiger partial charge in [0.1, 0.15) is 10.7 Å². The Kier molecular flexibility index (Phi) is 4.96. The minimum atomic E-state index is 0.162. The van der Waals surface area contributed by atoms with E-state index in [1.807, 2.05) is 25.1 Å². The van der Waals surface area contributed by atoms with Crippen LogP contribution in [0, 0.1) is 6.92 Å². The van der Waals surface area contributed by atoms with Gasteiger partial charge in [-0.15, -0.1) is 10.2 Å². The van der Waals surface area contributed by atoms with E-state index in [1.54, 1.807) is 6.20 Å². The molecule has 0 N–H and O–H groups in total. The maximum atomic E-state index is 12.3. The van der Waals surface area contributed by atoms with Crippen LogP contribution in [0.15, 0.2) is 24.4 Å². The zero-order valence-corrected chi connectivity index (χ0v) is 15.3. The minimum absolute atomic E-state index is 0.162. The Morgan fingerprint density at radius 2 is 2.12 bits per heavy atom. The van der Waals surface area contributed by atoms with Gasteiger partial charge in [0, 0.05) is 30.4 Å². The second-order valence-corrected chi connectivity index (χ2v) is 7.48. The molecule has 1 aliphatic heterocycles. The highest BCUT2D eigenvalue weighted by atomic mass is 32.1. The van der Waals surface area contributed by atoms with Crippen LogP contribution in [0.5, 0.6) is 0 Å². The molecule has 0 aliphatic carbocycles. The first-order valence-corrected chi connectivity index (χ1v) is 9.37. The maximum Gasteiger partial charge on any atom is 0.166 e. The summed E-state index contributed by atoms with van der Waals surface area (Å²) in [6.07, 6.45) is 2.09. The molecule has 3 aromatic heterocycles. The maximum absolute atomic E-state index is 12.3. The third kappa shape index (κ3) is 3.92. The number of morpholine rings is 1. The molecule has 26 heavy (non-hydrogen) atoms. The third-order valence-electron chi connectivity index (χ3n) is 4.26. The van der Waals surface area contributed by atoms with E-state index in [2.05, 4.69) is 25.1 Å². The predicted octanol–water partition coefficient (Wildman–Crippen LogP) is 1.90. The lowest BCUT2D eigenvalue weighted by molar-refractivity contribution is -0.120. The van der Waals surface area contributed by atoms with E-state index in [9.17, 15) is 4.79 Å². The fraction of sp³-hybridized carbons (Fsp3) is 0.389. The number of Topliss-reactive ketones (excluding diaryl/α,β-unsaturated/α-hetero) is 1. The molecule has 0 aromatic carbocycles. The van der Waals surface area contributed by atoms with Gasteiger partial charge in [-0.05, 0) is 25.1 Å². The van der Waals surface area contributed by atoms with Gasteiger partial charge in [0.25, 0.3) is 0 Å². The monoisotopic (exact) mass is 369 g/mol. The molecule has 0 bridgehead atoms. The molecule has 4 heterocycles. The molecule has 7 nitrogen and oxygen atoms in total. The Balaban J connectivity index is 1.51. The Hall–Kier alpha value is -2.29. The van der Waals surface area contributed by atoms with Crippen LogP contribution in [0.2, 0.25) is 0 Å². The number of carbonyl (C=O) groups excluding carboxylic acids is 1. The minimum Gasteiger partial charge on any atom is -0.379 e. The molecule has 134 valence electrons. The number of aryl methyl sites for hydroxylation is 1. The number of nitrogens with zero attached hydrogens (tertiary/aromatic N) is 5. The van der Waals surface area contributed by atoms with Crippen LogP contribution in [-0.4, -0.2) is 63.7 Å². The summed E-state index contributed by atoms with van der Waals surface area (Å²) in [5.41, 5.74) is 2.35. The fourth-order valence-corrected chi connectivity index (χ4v) is 3.60. The van der Waals surface area contributed by atoms with Gasteiger partial charge in [-0.3, -0.25) is 14.7 Å². The van der Waals surface area contributed by atoms with Gasteiger partial charge in [0.05, 0.1) is 31.7 Å². The number of hydrogen-bond acceptors (Lipinski definition) is 8. The molecule has 4 rings (SSSR count). The van der Waals surface area contributed by atoms with Crippen LogP contribution in [0.1, 0.15) is 10.7 Å². The van der Waals surface area contributed by atoms with Crippen molar-refractivity contribution in [2.45, 2.75) is 13.3 Å². The summed E-state index contributed by atoms with van der Waals surface area (Å²) in [5, 5.41) is 10.8. The summed E-state index contributed by atoms with van der Waals surface area (Å²) in [6, 6.07) is 5.79. The molecule has 0 radical (unpaired) electrons.